The Kier molecular flexibility index (Phi) is 6.29. The zero-order valence-corrected chi connectivity index (χ0v) is 16.4. The topological polar surface area (TPSA) is 83.7 Å². The summed E-state index contributed by atoms with van der Waals surface area (Å²) in [6.07, 6.45) is -0.0926. The van der Waals surface area contributed by atoms with Gasteiger partial charge in [-0.3, -0.25) is 14.6 Å². The van der Waals surface area contributed by atoms with Crippen LogP contribution in [0, 0.1) is 0 Å². The first-order valence-corrected chi connectivity index (χ1v) is 11.5. The molecule has 0 radical (unpaired) electrons. The molecule has 1 saturated heterocycles. The van der Waals surface area contributed by atoms with Crippen molar-refractivity contribution in [2.24, 2.45) is 5.73 Å². The lowest BCUT2D eigenvalue weighted by molar-refractivity contribution is -0.117. The van der Waals surface area contributed by atoms with Gasteiger partial charge in [0.2, 0.25) is 5.91 Å². The molecule has 1 aliphatic heterocycles. The molecule has 2 N–H and O–H groups in total. The molecule has 0 bridgehead atoms. The minimum absolute atomic E-state index is 0.0926. The van der Waals surface area contributed by atoms with Crippen molar-refractivity contribution in [3.8, 4) is 0 Å². The summed E-state index contributed by atoms with van der Waals surface area (Å²) >= 11 is 1.78. The van der Waals surface area contributed by atoms with Crippen molar-refractivity contribution in [3.05, 3.63) is 35.2 Å². The SMILES string of the molecule is NC(=O)CCS(=O)(=O)CCN1CCN(Cc2csc3ccccc23)CC1. The maximum Gasteiger partial charge on any atom is 0.218 e. The van der Waals surface area contributed by atoms with Gasteiger partial charge in [0.25, 0.3) is 0 Å². The third kappa shape index (κ3) is 5.26. The lowest BCUT2D eigenvalue weighted by Gasteiger charge is -2.34. The standard InChI is InChI=1S/C18H25N3O3S2/c19-18(22)5-11-26(23,24)12-10-20-6-8-21(9-7-20)13-15-14-25-17-4-2-1-3-16(15)17/h1-4,14H,5-13H2,(H2,19,22). The largest absolute Gasteiger partial charge is 0.370 e. The normalized spacial score (nSPS) is 16.9. The summed E-state index contributed by atoms with van der Waals surface area (Å²) in [6, 6.07) is 8.47. The number of hydrogen-bond donors (Lipinski definition) is 1. The van der Waals surface area contributed by atoms with Crippen LogP contribution in [0.5, 0.6) is 0 Å². The Labute approximate surface area is 158 Å². The summed E-state index contributed by atoms with van der Waals surface area (Å²) in [4.78, 5) is 15.4. The molecule has 8 heteroatoms. The molecule has 3 rings (SSSR count). The van der Waals surface area contributed by atoms with Gasteiger partial charge in [-0.05, 0) is 22.4 Å². The van der Waals surface area contributed by atoms with E-state index < -0.39 is 15.7 Å². The van der Waals surface area contributed by atoms with Crippen molar-refractivity contribution >= 4 is 37.2 Å². The lowest BCUT2D eigenvalue weighted by Crippen LogP contribution is -2.47. The van der Waals surface area contributed by atoms with E-state index in [2.05, 4.69) is 39.4 Å². The number of piperazine rings is 1. The molecule has 0 aliphatic carbocycles. The predicted molar refractivity (Wildman–Crippen MR) is 106 cm³/mol. The van der Waals surface area contributed by atoms with Gasteiger partial charge in [-0.1, -0.05) is 18.2 Å². The highest BCUT2D eigenvalue weighted by Crippen LogP contribution is 2.26. The van der Waals surface area contributed by atoms with Gasteiger partial charge in [0, 0.05) is 50.4 Å². The summed E-state index contributed by atoms with van der Waals surface area (Å²) in [5, 5.41) is 3.57. The number of benzene rings is 1. The highest BCUT2D eigenvalue weighted by atomic mass is 32.2. The van der Waals surface area contributed by atoms with Gasteiger partial charge in [-0.15, -0.1) is 11.3 Å². The summed E-state index contributed by atoms with van der Waals surface area (Å²) in [5.41, 5.74) is 6.39. The fraction of sp³-hybridized carbons (Fsp3) is 0.500. The summed E-state index contributed by atoms with van der Waals surface area (Å²) in [6.45, 7) is 5.07. The van der Waals surface area contributed by atoms with E-state index in [0.29, 0.717) is 6.54 Å². The third-order valence-electron chi connectivity index (χ3n) is 4.80. The van der Waals surface area contributed by atoms with Gasteiger partial charge >= 0.3 is 0 Å². The van der Waals surface area contributed by atoms with E-state index in [1.165, 1.54) is 15.6 Å². The van der Waals surface area contributed by atoms with Crippen LogP contribution in [0.2, 0.25) is 0 Å². The van der Waals surface area contributed by atoms with Crippen molar-refractivity contribution in [1.82, 2.24) is 9.80 Å². The van der Waals surface area contributed by atoms with Gasteiger partial charge in [0.1, 0.15) is 0 Å². The van der Waals surface area contributed by atoms with Gasteiger partial charge in [-0.25, -0.2) is 8.42 Å². The summed E-state index contributed by atoms with van der Waals surface area (Å²) in [7, 11) is -3.21. The van der Waals surface area contributed by atoms with E-state index >= 15 is 0 Å². The first-order chi connectivity index (χ1) is 12.4. The first-order valence-electron chi connectivity index (χ1n) is 8.81. The maximum atomic E-state index is 11.9. The molecule has 0 spiro atoms. The minimum atomic E-state index is -3.21. The Morgan fingerprint density at radius 1 is 1.08 bits per heavy atom. The molecule has 0 saturated carbocycles. The number of fused-ring (bicyclic) bond motifs is 1. The van der Waals surface area contributed by atoms with Gasteiger partial charge in [-0.2, -0.15) is 0 Å². The number of hydrogen-bond acceptors (Lipinski definition) is 6. The van der Waals surface area contributed by atoms with Crippen LogP contribution in [0.3, 0.4) is 0 Å². The third-order valence-corrected chi connectivity index (χ3v) is 7.44. The Morgan fingerprint density at radius 3 is 2.50 bits per heavy atom. The number of nitrogens with two attached hydrogens (primary N) is 1. The molecule has 0 unspecified atom stereocenters. The van der Waals surface area contributed by atoms with Crippen LogP contribution in [0.4, 0.5) is 0 Å². The fourth-order valence-corrected chi connectivity index (χ4v) is 5.40. The summed E-state index contributed by atoms with van der Waals surface area (Å²) in [5.74, 6) is -0.619. The predicted octanol–water partition coefficient (Wildman–Crippen LogP) is 1.31. The van der Waals surface area contributed by atoms with E-state index in [1.807, 2.05) is 0 Å². The number of primary amides is 1. The Balaban J connectivity index is 1.45. The van der Waals surface area contributed by atoms with Crippen LogP contribution >= 0.6 is 11.3 Å². The average molecular weight is 396 g/mol. The Hall–Kier alpha value is -1.48. The second-order valence-corrected chi connectivity index (χ2v) is 9.96. The second kappa shape index (κ2) is 8.47. The number of carbonyl (C=O) groups is 1. The molecular weight excluding hydrogens is 370 g/mol. The number of rotatable bonds is 8. The number of sulfone groups is 1. The lowest BCUT2D eigenvalue weighted by atomic mass is 10.1. The van der Waals surface area contributed by atoms with E-state index in [4.69, 9.17) is 5.73 Å². The first kappa shape index (κ1) is 19.3. The molecule has 0 atom stereocenters. The van der Waals surface area contributed by atoms with E-state index in [0.717, 1.165) is 32.7 Å². The highest BCUT2D eigenvalue weighted by molar-refractivity contribution is 7.91. The Morgan fingerprint density at radius 2 is 1.77 bits per heavy atom. The van der Waals surface area contributed by atoms with E-state index in [1.54, 1.807) is 11.3 Å². The highest BCUT2D eigenvalue weighted by Gasteiger charge is 2.20. The monoisotopic (exact) mass is 395 g/mol. The quantitative estimate of drug-likeness (QED) is 0.729. The van der Waals surface area contributed by atoms with Crippen molar-refractivity contribution in [3.63, 3.8) is 0 Å². The van der Waals surface area contributed by atoms with Crippen molar-refractivity contribution < 1.29 is 13.2 Å². The zero-order chi connectivity index (χ0) is 18.6. The van der Waals surface area contributed by atoms with Crippen LogP contribution in [0.1, 0.15) is 12.0 Å². The number of amides is 1. The molecular formula is C18H25N3O3S2. The molecule has 1 fully saturated rings. The molecule has 6 nitrogen and oxygen atoms in total. The van der Waals surface area contributed by atoms with E-state index in [9.17, 15) is 13.2 Å². The van der Waals surface area contributed by atoms with Crippen LogP contribution in [-0.4, -0.2) is 68.4 Å². The van der Waals surface area contributed by atoms with Crippen LogP contribution in [0.15, 0.2) is 29.6 Å². The molecule has 2 aromatic rings. The molecule has 2 heterocycles. The smallest absolute Gasteiger partial charge is 0.218 e. The van der Waals surface area contributed by atoms with Crippen LogP contribution in [0.25, 0.3) is 10.1 Å². The van der Waals surface area contributed by atoms with E-state index in [-0.39, 0.29) is 17.9 Å². The van der Waals surface area contributed by atoms with Crippen molar-refractivity contribution in [1.29, 1.82) is 0 Å². The van der Waals surface area contributed by atoms with Gasteiger partial charge in [0.15, 0.2) is 9.84 Å². The fourth-order valence-electron chi connectivity index (χ4n) is 3.19. The molecule has 1 aliphatic rings. The van der Waals surface area contributed by atoms with Crippen molar-refractivity contribution in [2.45, 2.75) is 13.0 Å². The zero-order valence-electron chi connectivity index (χ0n) is 14.8. The molecule has 1 aromatic carbocycles. The number of carbonyl (C=O) groups excluding carboxylic acids is 1. The average Bonchev–Trinajstić information content (AvgIpc) is 3.03. The van der Waals surface area contributed by atoms with Gasteiger partial charge in [0.05, 0.1) is 11.5 Å². The second-order valence-electron chi connectivity index (χ2n) is 6.74. The van der Waals surface area contributed by atoms with Crippen LogP contribution < -0.4 is 5.73 Å². The Bertz CT molecular complexity index is 855. The van der Waals surface area contributed by atoms with Crippen molar-refractivity contribution in [2.75, 3.05) is 44.2 Å². The minimum Gasteiger partial charge on any atom is -0.370 e. The number of nitrogens with zero attached hydrogens (tertiary/aromatic N) is 2. The molecule has 1 amide bonds. The molecule has 142 valence electrons. The van der Waals surface area contributed by atoms with Crippen LogP contribution in [-0.2, 0) is 21.2 Å². The number of thiophene rings is 1. The molecule has 26 heavy (non-hydrogen) atoms. The maximum absolute atomic E-state index is 11.9. The van der Waals surface area contributed by atoms with Gasteiger partial charge < -0.3 is 5.73 Å². The molecule has 1 aromatic heterocycles. The summed E-state index contributed by atoms with van der Waals surface area (Å²) < 4.78 is 25.2.